The molecule has 1 saturated carbocycles. The number of amides is 3. The number of nitrogens with one attached hydrogen (secondary N) is 3. The van der Waals surface area contributed by atoms with Gasteiger partial charge in [-0.2, -0.15) is 0 Å². The third-order valence-electron chi connectivity index (χ3n) is 4.93. The lowest BCUT2D eigenvalue weighted by Gasteiger charge is -2.20. The van der Waals surface area contributed by atoms with E-state index in [2.05, 4.69) is 16.0 Å². The molecule has 0 spiro atoms. The molecule has 1 aromatic heterocycles. The Morgan fingerprint density at radius 3 is 2.57 bits per heavy atom. The minimum absolute atomic E-state index is 0.0774. The van der Waals surface area contributed by atoms with Crippen LogP contribution in [0.5, 0.6) is 5.75 Å². The van der Waals surface area contributed by atoms with Crippen LogP contribution in [-0.4, -0.2) is 37.4 Å². The summed E-state index contributed by atoms with van der Waals surface area (Å²) in [6.45, 7) is 0.585. The Bertz CT molecular complexity index is 844. The van der Waals surface area contributed by atoms with E-state index >= 15 is 0 Å². The van der Waals surface area contributed by atoms with E-state index in [4.69, 9.17) is 9.15 Å². The fraction of sp³-hybridized carbons (Fsp3) is 0.409. The molecule has 0 bridgehead atoms. The van der Waals surface area contributed by atoms with Crippen molar-refractivity contribution in [3.63, 3.8) is 0 Å². The Labute approximate surface area is 175 Å². The second-order valence-electron chi connectivity index (χ2n) is 7.22. The molecule has 8 nitrogen and oxygen atoms in total. The highest BCUT2D eigenvalue weighted by Gasteiger charge is 2.20. The molecule has 160 valence electrons. The summed E-state index contributed by atoms with van der Waals surface area (Å²) in [6, 6.07) is 9.94. The van der Waals surface area contributed by atoms with Gasteiger partial charge >= 0.3 is 0 Å². The van der Waals surface area contributed by atoms with Crippen molar-refractivity contribution in [2.75, 3.05) is 25.0 Å². The van der Waals surface area contributed by atoms with Crippen LogP contribution in [0.25, 0.3) is 0 Å². The normalized spacial score (nSPS) is 14.0. The van der Waals surface area contributed by atoms with Gasteiger partial charge in [0.2, 0.25) is 5.91 Å². The van der Waals surface area contributed by atoms with Gasteiger partial charge in [-0.1, -0.05) is 25.3 Å². The van der Waals surface area contributed by atoms with Crippen molar-refractivity contribution in [3.8, 4) is 5.75 Å². The molecule has 2 aromatic rings. The summed E-state index contributed by atoms with van der Waals surface area (Å²) < 4.78 is 10.5. The molecule has 3 amide bonds. The third kappa shape index (κ3) is 6.65. The van der Waals surface area contributed by atoms with Crippen LogP contribution < -0.4 is 20.7 Å². The molecule has 1 aromatic carbocycles. The standard InChI is InChI=1S/C22H27N3O5/c26-20(23-11-12-24-21(27)16-6-2-1-3-7-16)15-30-18-9-4-8-17(14-18)25-22(28)19-10-5-13-29-19/h4-5,8-10,13-14,16H,1-3,6-7,11-12,15H2,(H,23,26)(H,24,27)(H,25,28). The monoisotopic (exact) mass is 413 g/mol. The van der Waals surface area contributed by atoms with Crippen LogP contribution in [-0.2, 0) is 9.59 Å². The smallest absolute Gasteiger partial charge is 0.291 e. The van der Waals surface area contributed by atoms with E-state index in [-0.39, 0.29) is 36.0 Å². The van der Waals surface area contributed by atoms with Crippen LogP contribution in [0.4, 0.5) is 5.69 Å². The topological polar surface area (TPSA) is 110 Å². The number of rotatable bonds is 9. The van der Waals surface area contributed by atoms with Gasteiger partial charge in [0, 0.05) is 30.8 Å². The zero-order chi connectivity index (χ0) is 21.2. The number of carbonyl (C=O) groups excluding carboxylic acids is 3. The second kappa shape index (κ2) is 11.0. The average molecular weight is 413 g/mol. The summed E-state index contributed by atoms with van der Waals surface area (Å²) in [6.07, 6.45) is 6.76. The molecule has 30 heavy (non-hydrogen) atoms. The minimum Gasteiger partial charge on any atom is -0.484 e. The molecule has 0 saturated heterocycles. The van der Waals surface area contributed by atoms with Crippen LogP contribution >= 0.6 is 0 Å². The van der Waals surface area contributed by atoms with Crippen molar-refractivity contribution in [2.45, 2.75) is 32.1 Å². The highest BCUT2D eigenvalue weighted by molar-refractivity contribution is 6.02. The molecule has 3 rings (SSSR count). The Morgan fingerprint density at radius 2 is 1.80 bits per heavy atom. The quantitative estimate of drug-likeness (QED) is 0.548. The first-order valence-corrected chi connectivity index (χ1v) is 10.2. The Hall–Kier alpha value is -3.29. The summed E-state index contributed by atoms with van der Waals surface area (Å²) >= 11 is 0. The van der Waals surface area contributed by atoms with E-state index in [0.29, 0.717) is 24.5 Å². The number of ether oxygens (including phenoxy) is 1. The zero-order valence-electron chi connectivity index (χ0n) is 16.8. The number of anilines is 1. The summed E-state index contributed by atoms with van der Waals surface area (Å²) in [5.74, 6) is 0.188. The average Bonchev–Trinajstić information content (AvgIpc) is 3.31. The number of benzene rings is 1. The van der Waals surface area contributed by atoms with Crippen LogP contribution in [0.2, 0.25) is 0 Å². The lowest BCUT2D eigenvalue weighted by Crippen LogP contribution is -2.39. The Kier molecular flexibility index (Phi) is 7.88. The lowest BCUT2D eigenvalue weighted by molar-refractivity contribution is -0.126. The maximum absolute atomic E-state index is 12.1. The highest BCUT2D eigenvalue weighted by Crippen LogP contribution is 2.23. The van der Waals surface area contributed by atoms with Gasteiger partial charge in [-0.3, -0.25) is 14.4 Å². The van der Waals surface area contributed by atoms with Crippen molar-refractivity contribution >= 4 is 23.4 Å². The summed E-state index contributed by atoms with van der Waals surface area (Å²) in [5.41, 5.74) is 0.528. The molecule has 3 N–H and O–H groups in total. The predicted octanol–water partition coefficient (Wildman–Crippen LogP) is 2.72. The van der Waals surface area contributed by atoms with Gasteiger partial charge < -0.3 is 25.1 Å². The van der Waals surface area contributed by atoms with Gasteiger partial charge in [0.15, 0.2) is 12.4 Å². The molecule has 8 heteroatoms. The minimum atomic E-state index is -0.370. The molecule has 0 aliphatic heterocycles. The van der Waals surface area contributed by atoms with E-state index in [9.17, 15) is 14.4 Å². The molecular weight excluding hydrogens is 386 g/mol. The third-order valence-corrected chi connectivity index (χ3v) is 4.93. The van der Waals surface area contributed by atoms with Gasteiger partial charge in [-0.05, 0) is 37.1 Å². The molecule has 1 aliphatic carbocycles. The van der Waals surface area contributed by atoms with Crippen molar-refractivity contribution in [1.29, 1.82) is 0 Å². The van der Waals surface area contributed by atoms with Crippen molar-refractivity contribution in [3.05, 3.63) is 48.4 Å². The number of furan rings is 1. The SMILES string of the molecule is O=C(COc1cccc(NC(=O)c2ccco2)c1)NCCNC(=O)C1CCCCC1. The van der Waals surface area contributed by atoms with Crippen LogP contribution in [0.3, 0.4) is 0 Å². The van der Waals surface area contributed by atoms with Gasteiger partial charge in [-0.15, -0.1) is 0 Å². The number of carbonyl (C=O) groups is 3. The van der Waals surface area contributed by atoms with E-state index in [1.807, 2.05) is 0 Å². The van der Waals surface area contributed by atoms with E-state index in [0.717, 1.165) is 25.7 Å². The summed E-state index contributed by atoms with van der Waals surface area (Å²) in [7, 11) is 0. The Balaban J connectivity index is 1.34. The fourth-order valence-corrected chi connectivity index (χ4v) is 3.36. The maximum Gasteiger partial charge on any atom is 0.291 e. The largest absolute Gasteiger partial charge is 0.484 e. The molecular formula is C22H27N3O5. The molecule has 0 unspecified atom stereocenters. The van der Waals surface area contributed by atoms with Gasteiger partial charge in [0.25, 0.3) is 11.8 Å². The maximum atomic E-state index is 12.1. The summed E-state index contributed by atoms with van der Waals surface area (Å²) in [5, 5.41) is 8.29. The van der Waals surface area contributed by atoms with Gasteiger partial charge in [0.05, 0.1) is 6.26 Å². The van der Waals surface area contributed by atoms with E-state index in [1.54, 1.807) is 36.4 Å². The molecule has 1 heterocycles. The van der Waals surface area contributed by atoms with Crippen LogP contribution in [0.15, 0.2) is 47.1 Å². The van der Waals surface area contributed by atoms with Gasteiger partial charge in [-0.25, -0.2) is 0 Å². The van der Waals surface area contributed by atoms with E-state index in [1.165, 1.54) is 12.7 Å². The first kappa shape index (κ1) is 21.4. The van der Waals surface area contributed by atoms with Crippen LogP contribution in [0, 0.1) is 5.92 Å². The molecule has 0 radical (unpaired) electrons. The first-order valence-electron chi connectivity index (χ1n) is 10.2. The van der Waals surface area contributed by atoms with Crippen LogP contribution in [0.1, 0.15) is 42.7 Å². The molecule has 1 aliphatic rings. The summed E-state index contributed by atoms with van der Waals surface area (Å²) in [4.78, 5) is 36.0. The Morgan fingerprint density at radius 1 is 1.00 bits per heavy atom. The number of hydrogen-bond acceptors (Lipinski definition) is 5. The predicted molar refractivity (Wildman–Crippen MR) is 111 cm³/mol. The second-order valence-corrected chi connectivity index (χ2v) is 7.22. The fourth-order valence-electron chi connectivity index (χ4n) is 3.36. The molecule has 0 atom stereocenters. The zero-order valence-corrected chi connectivity index (χ0v) is 16.8. The van der Waals surface area contributed by atoms with Crippen molar-refractivity contribution in [2.24, 2.45) is 5.92 Å². The van der Waals surface area contributed by atoms with E-state index < -0.39 is 0 Å². The van der Waals surface area contributed by atoms with Gasteiger partial charge in [0.1, 0.15) is 5.75 Å². The number of hydrogen-bond donors (Lipinski definition) is 3. The highest BCUT2D eigenvalue weighted by atomic mass is 16.5. The lowest BCUT2D eigenvalue weighted by atomic mass is 9.89. The van der Waals surface area contributed by atoms with Crippen molar-refractivity contribution < 1.29 is 23.5 Å². The van der Waals surface area contributed by atoms with Crippen molar-refractivity contribution in [1.82, 2.24) is 10.6 Å². The first-order chi connectivity index (χ1) is 14.6. The molecule has 1 fully saturated rings.